The van der Waals surface area contributed by atoms with Crippen molar-refractivity contribution >= 4 is 32.6 Å². The third-order valence-corrected chi connectivity index (χ3v) is 8.42. The van der Waals surface area contributed by atoms with Crippen LogP contribution in [0.5, 0.6) is 17.2 Å². The van der Waals surface area contributed by atoms with Crippen LogP contribution in [0.2, 0.25) is 0 Å². The molecule has 4 aromatic carbocycles. The van der Waals surface area contributed by atoms with Crippen LogP contribution in [0.25, 0.3) is 10.9 Å². The number of sulfone groups is 1. The molecule has 232 valence electrons. The van der Waals surface area contributed by atoms with Gasteiger partial charge in [0, 0.05) is 17.1 Å². The van der Waals surface area contributed by atoms with Gasteiger partial charge in [0.1, 0.15) is 17.2 Å². The van der Waals surface area contributed by atoms with Gasteiger partial charge in [-0.25, -0.2) is 13.2 Å². The highest BCUT2D eigenvalue weighted by atomic mass is 32.2. The fourth-order valence-electron chi connectivity index (χ4n) is 4.21. The third-order valence-electron chi connectivity index (χ3n) is 6.60. The number of nitrogens with one attached hydrogen (secondary N) is 1. The number of ether oxygens (including phenoxy) is 2. The lowest BCUT2D eigenvalue weighted by molar-refractivity contribution is -0.146. The van der Waals surface area contributed by atoms with Crippen molar-refractivity contribution in [3.8, 4) is 17.2 Å². The van der Waals surface area contributed by atoms with E-state index in [1.165, 1.54) is 48.9 Å². The zero-order valence-electron chi connectivity index (χ0n) is 24.4. The number of aliphatic carboxylic acids is 1. The number of amides is 1. The molecule has 0 aliphatic heterocycles. The summed E-state index contributed by atoms with van der Waals surface area (Å²) in [6, 6.07) is 30.2. The monoisotopic (exact) mass is 628 g/mol. The molecule has 1 amide bonds. The van der Waals surface area contributed by atoms with Gasteiger partial charge in [-0.3, -0.25) is 9.78 Å². The highest BCUT2D eigenvalue weighted by Crippen LogP contribution is 2.19. The number of pyridine rings is 1. The number of hydrogen-bond acceptors (Lipinski definition) is 8. The first kappa shape index (κ1) is 32.5. The van der Waals surface area contributed by atoms with Crippen LogP contribution in [0.1, 0.15) is 22.3 Å². The van der Waals surface area contributed by atoms with Gasteiger partial charge >= 0.3 is 5.97 Å². The number of phenolic OH excluding ortho intramolecular Hbond substituents is 1. The summed E-state index contributed by atoms with van der Waals surface area (Å²) < 4.78 is 35.3. The van der Waals surface area contributed by atoms with Crippen LogP contribution in [0.3, 0.4) is 0 Å². The molecule has 1 atom stereocenters. The maximum absolute atomic E-state index is 12.4. The molecular formula is C34H32N2O8S. The molecule has 0 aliphatic rings. The van der Waals surface area contributed by atoms with E-state index in [0.717, 1.165) is 11.1 Å². The molecule has 1 unspecified atom stereocenters. The van der Waals surface area contributed by atoms with Crippen molar-refractivity contribution in [3.05, 3.63) is 127 Å². The van der Waals surface area contributed by atoms with Crippen LogP contribution in [0, 0.1) is 0 Å². The number of benzene rings is 4. The lowest BCUT2D eigenvalue weighted by Crippen LogP contribution is -2.44. The van der Waals surface area contributed by atoms with Gasteiger partial charge in [-0.05, 0) is 91.2 Å². The van der Waals surface area contributed by atoms with Gasteiger partial charge in [-0.15, -0.1) is 0 Å². The largest absolute Gasteiger partial charge is 0.508 e. The van der Waals surface area contributed by atoms with Crippen LogP contribution >= 0.6 is 0 Å². The minimum Gasteiger partial charge on any atom is -0.508 e. The number of hydrogen-bond donors (Lipinski definition) is 3. The van der Waals surface area contributed by atoms with Crippen molar-refractivity contribution in [2.75, 3.05) is 12.9 Å². The summed E-state index contributed by atoms with van der Waals surface area (Å²) in [5.41, 5.74) is 2.15. The van der Waals surface area contributed by atoms with Gasteiger partial charge in [0.25, 0.3) is 12.1 Å². The fraction of sp³-hybridized carbons (Fsp3) is 0.147. The van der Waals surface area contributed by atoms with Crippen LogP contribution in [0.15, 0.2) is 120 Å². The van der Waals surface area contributed by atoms with Gasteiger partial charge in [-0.2, -0.15) is 0 Å². The van der Waals surface area contributed by atoms with E-state index in [-0.39, 0.29) is 27.7 Å². The Labute approximate surface area is 260 Å². The highest BCUT2D eigenvalue weighted by molar-refractivity contribution is 7.91. The first-order valence-corrected chi connectivity index (χ1v) is 15.5. The number of methoxy groups -OCH3 is 1. The molecule has 0 radical (unpaired) electrons. The number of carbonyl (C=O) groups excluding carboxylic acids is 1. The molecule has 0 fully saturated rings. The summed E-state index contributed by atoms with van der Waals surface area (Å²) >= 11 is 0. The van der Waals surface area contributed by atoms with E-state index < -0.39 is 27.9 Å². The number of aryl methyl sites for hydroxylation is 1. The molecule has 0 aliphatic carbocycles. The van der Waals surface area contributed by atoms with Crippen molar-refractivity contribution in [2.24, 2.45) is 0 Å². The maximum atomic E-state index is 12.4. The fourth-order valence-corrected chi connectivity index (χ4v) is 5.52. The van der Waals surface area contributed by atoms with Crippen LogP contribution in [-0.2, 0) is 21.1 Å². The summed E-state index contributed by atoms with van der Waals surface area (Å²) in [5.74, 6) is -1.26. The Balaban J connectivity index is 0.000000385. The number of carboxylic acid groups (broad SMARTS) is 1. The van der Waals surface area contributed by atoms with Crippen LogP contribution < -0.4 is 14.8 Å². The lowest BCUT2D eigenvalue weighted by Gasteiger charge is -2.17. The number of aromatic hydroxyl groups is 1. The van der Waals surface area contributed by atoms with Crippen molar-refractivity contribution in [2.45, 2.75) is 24.0 Å². The summed E-state index contributed by atoms with van der Waals surface area (Å²) in [6.07, 6.45) is 1.06. The van der Waals surface area contributed by atoms with Crippen LogP contribution in [-0.4, -0.2) is 54.6 Å². The number of phenols is 1. The molecule has 0 spiro atoms. The van der Waals surface area contributed by atoms with Crippen molar-refractivity contribution < 1.29 is 37.7 Å². The quantitative estimate of drug-likeness (QED) is 0.166. The summed E-state index contributed by atoms with van der Waals surface area (Å²) in [4.78, 5) is 28.3. The molecule has 45 heavy (non-hydrogen) atoms. The van der Waals surface area contributed by atoms with Gasteiger partial charge in [-0.1, -0.05) is 36.4 Å². The van der Waals surface area contributed by atoms with E-state index in [1.807, 2.05) is 30.5 Å². The predicted octanol–water partition coefficient (Wildman–Crippen LogP) is 5.26. The van der Waals surface area contributed by atoms with Gasteiger partial charge < -0.3 is 25.0 Å². The van der Waals surface area contributed by atoms with Crippen molar-refractivity contribution in [3.63, 3.8) is 0 Å². The summed E-state index contributed by atoms with van der Waals surface area (Å²) in [5, 5.41) is 22.3. The zero-order chi connectivity index (χ0) is 32.2. The molecule has 5 aromatic rings. The number of fused-ring (bicyclic) bond motifs is 1. The first-order chi connectivity index (χ1) is 21.6. The molecule has 1 aromatic heterocycles. The standard InChI is InChI=1S/C25H25NO8S.C9H7N/c1-33-20-12-6-18(7-13-20)23(28)26-24(25(29)30)34-21-10-4-17(5-11-21)3-2-16-35(31,32)22-14-8-19(27)9-15-22;1-2-6-9-8(4-1)5-3-7-10-9/h4-15,24,27H,2-3,16H2,1H3,(H,26,28)(H,29,30);1-7H. The predicted molar refractivity (Wildman–Crippen MR) is 169 cm³/mol. The minimum absolute atomic E-state index is 0.00306. The maximum Gasteiger partial charge on any atom is 0.366 e. The Kier molecular flexibility index (Phi) is 11.1. The minimum atomic E-state index is -3.47. The molecule has 10 nitrogen and oxygen atoms in total. The van der Waals surface area contributed by atoms with Crippen LogP contribution in [0.4, 0.5) is 0 Å². The molecule has 0 saturated heterocycles. The van der Waals surface area contributed by atoms with E-state index in [0.29, 0.717) is 18.6 Å². The topological polar surface area (TPSA) is 152 Å². The highest BCUT2D eigenvalue weighted by Gasteiger charge is 2.23. The average molecular weight is 629 g/mol. The average Bonchev–Trinajstić information content (AvgIpc) is 3.05. The zero-order valence-corrected chi connectivity index (χ0v) is 25.2. The number of carboxylic acids is 1. The first-order valence-electron chi connectivity index (χ1n) is 13.9. The molecule has 5 rings (SSSR count). The molecule has 1 heterocycles. The number of aromatic nitrogens is 1. The molecular weight excluding hydrogens is 596 g/mol. The molecule has 0 bridgehead atoms. The second-order valence-electron chi connectivity index (χ2n) is 9.79. The van der Waals surface area contributed by atoms with E-state index in [2.05, 4.69) is 22.4 Å². The lowest BCUT2D eigenvalue weighted by atomic mass is 10.1. The normalized spacial score (nSPS) is 11.5. The molecule has 0 saturated carbocycles. The third kappa shape index (κ3) is 9.54. The Hall–Kier alpha value is -5.42. The Morgan fingerprint density at radius 3 is 2.13 bits per heavy atom. The molecule has 3 N–H and O–H groups in total. The summed E-state index contributed by atoms with van der Waals surface area (Å²) in [7, 11) is -1.97. The number of nitrogens with zero attached hydrogens (tertiary/aromatic N) is 1. The second-order valence-corrected chi connectivity index (χ2v) is 11.9. The second kappa shape index (κ2) is 15.3. The molecule has 11 heteroatoms. The van der Waals surface area contributed by atoms with Gasteiger partial charge in [0.2, 0.25) is 0 Å². The Morgan fingerprint density at radius 2 is 1.49 bits per heavy atom. The number of para-hydroxylation sites is 1. The number of carbonyl (C=O) groups is 2. The smallest absolute Gasteiger partial charge is 0.366 e. The number of rotatable bonds is 11. The van der Waals surface area contributed by atoms with Gasteiger partial charge in [0.15, 0.2) is 9.84 Å². The summed E-state index contributed by atoms with van der Waals surface area (Å²) in [6.45, 7) is 0. The van der Waals surface area contributed by atoms with Crippen molar-refractivity contribution in [1.29, 1.82) is 0 Å². The van der Waals surface area contributed by atoms with E-state index in [4.69, 9.17) is 9.47 Å². The van der Waals surface area contributed by atoms with Crippen molar-refractivity contribution in [1.82, 2.24) is 10.3 Å². The van der Waals surface area contributed by atoms with E-state index in [9.17, 15) is 28.2 Å². The SMILES string of the molecule is COc1ccc(C(=O)NC(Oc2ccc(CCCS(=O)(=O)c3ccc(O)cc3)cc2)C(=O)O)cc1.c1ccc2ncccc2c1. The van der Waals surface area contributed by atoms with Gasteiger partial charge in [0.05, 0.1) is 23.3 Å². The Morgan fingerprint density at radius 1 is 0.844 bits per heavy atom. The van der Waals surface area contributed by atoms with E-state index >= 15 is 0 Å². The van der Waals surface area contributed by atoms with E-state index in [1.54, 1.807) is 36.4 Å². The Bertz CT molecular complexity index is 1760.